The monoisotopic (exact) mass is 271 g/mol. The summed E-state index contributed by atoms with van der Waals surface area (Å²) in [6, 6.07) is 7.49. The molecular formula is C13H13N5S. The molecule has 0 atom stereocenters. The molecule has 3 rings (SSSR count). The maximum Gasteiger partial charge on any atom is 0.197 e. The third kappa shape index (κ3) is 2.61. The van der Waals surface area contributed by atoms with Crippen LogP contribution in [0.3, 0.4) is 0 Å². The van der Waals surface area contributed by atoms with Crippen molar-refractivity contribution in [1.82, 2.24) is 19.7 Å². The van der Waals surface area contributed by atoms with Crippen LogP contribution in [0, 0.1) is 11.3 Å². The summed E-state index contributed by atoms with van der Waals surface area (Å²) < 4.78 is 2.18. The van der Waals surface area contributed by atoms with Crippen LogP contribution in [0.5, 0.6) is 0 Å². The normalized spacial score (nSPS) is 14.5. The first-order valence-corrected chi connectivity index (χ1v) is 7.15. The van der Waals surface area contributed by atoms with Crippen LogP contribution in [-0.4, -0.2) is 19.7 Å². The molecule has 0 fully saturated rings. The minimum atomic E-state index is 0.431. The highest BCUT2D eigenvalue weighted by atomic mass is 32.2. The minimum absolute atomic E-state index is 0.431. The van der Waals surface area contributed by atoms with Crippen LogP contribution in [0.2, 0.25) is 0 Å². The van der Waals surface area contributed by atoms with Crippen LogP contribution in [0.4, 0.5) is 0 Å². The van der Waals surface area contributed by atoms with E-state index in [1.807, 2.05) is 12.1 Å². The zero-order valence-corrected chi connectivity index (χ0v) is 11.2. The Labute approximate surface area is 115 Å². The van der Waals surface area contributed by atoms with E-state index in [1.165, 1.54) is 31.0 Å². The van der Waals surface area contributed by atoms with E-state index in [-0.39, 0.29) is 0 Å². The van der Waals surface area contributed by atoms with Gasteiger partial charge in [-0.05, 0) is 36.7 Å². The molecule has 1 aliphatic rings. The van der Waals surface area contributed by atoms with Crippen molar-refractivity contribution in [2.75, 3.05) is 0 Å². The largest absolute Gasteiger partial charge is 0.306 e. The second-order valence-electron chi connectivity index (χ2n) is 4.44. The van der Waals surface area contributed by atoms with Crippen molar-refractivity contribution in [1.29, 1.82) is 5.26 Å². The Morgan fingerprint density at radius 1 is 1.21 bits per heavy atom. The summed E-state index contributed by atoms with van der Waals surface area (Å²) in [5.74, 6) is 1.07. The van der Waals surface area contributed by atoms with Crippen molar-refractivity contribution >= 4 is 11.8 Å². The number of rotatable bonds is 2. The highest BCUT2D eigenvalue weighted by Gasteiger charge is 2.15. The maximum absolute atomic E-state index is 8.86. The van der Waals surface area contributed by atoms with Crippen molar-refractivity contribution < 1.29 is 0 Å². The van der Waals surface area contributed by atoms with E-state index in [2.05, 4.69) is 25.8 Å². The predicted octanol–water partition coefficient (Wildman–Crippen LogP) is 2.42. The van der Waals surface area contributed by atoms with Gasteiger partial charge in [0.05, 0.1) is 0 Å². The van der Waals surface area contributed by atoms with Crippen LogP contribution < -0.4 is 0 Å². The van der Waals surface area contributed by atoms with Crippen molar-refractivity contribution in [3.05, 3.63) is 29.7 Å². The quantitative estimate of drug-likeness (QED) is 0.839. The Bertz CT molecular complexity index is 628. The number of hydrogen-bond acceptors (Lipinski definition) is 5. The molecule has 0 amide bonds. The molecule has 3 heterocycles. The van der Waals surface area contributed by atoms with Gasteiger partial charge in [-0.1, -0.05) is 12.5 Å². The average Bonchev–Trinajstić information content (AvgIpc) is 2.68. The molecule has 0 aliphatic carbocycles. The summed E-state index contributed by atoms with van der Waals surface area (Å²) in [5, 5.41) is 19.0. The van der Waals surface area contributed by atoms with E-state index in [0.29, 0.717) is 5.69 Å². The Morgan fingerprint density at radius 3 is 3.05 bits per heavy atom. The van der Waals surface area contributed by atoms with Crippen molar-refractivity contribution in [3.63, 3.8) is 0 Å². The smallest absolute Gasteiger partial charge is 0.197 e. The lowest BCUT2D eigenvalue weighted by molar-refractivity contribution is 0.590. The van der Waals surface area contributed by atoms with Crippen LogP contribution in [0.25, 0.3) is 0 Å². The fourth-order valence-electron chi connectivity index (χ4n) is 2.16. The first kappa shape index (κ1) is 12.2. The second-order valence-corrected chi connectivity index (χ2v) is 5.42. The van der Waals surface area contributed by atoms with Crippen molar-refractivity contribution in [2.45, 2.75) is 42.4 Å². The molecule has 0 aromatic carbocycles. The number of pyridine rings is 1. The van der Waals surface area contributed by atoms with Crippen LogP contribution >= 0.6 is 11.8 Å². The molecule has 0 radical (unpaired) electrons. The van der Waals surface area contributed by atoms with E-state index in [0.717, 1.165) is 29.0 Å². The zero-order valence-electron chi connectivity index (χ0n) is 10.4. The maximum atomic E-state index is 8.86. The van der Waals surface area contributed by atoms with Crippen LogP contribution in [-0.2, 0) is 13.0 Å². The fraction of sp³-hybridized carbons (Fsp3) is 0.385. The fourth-order valence-corrected chi connectivity index (χ4v) is 3.03. The Kier molecular flexibility index (Phi) is 3.47. The number of aromatic nitrogens is 4. The van der Waals surface area contributed by atoms with Crippen LogP contribution in [0.1, 0.15) is 30.8 Å². The molecule has 1 aliphatic heterocycles. The van der Waals surface area contributed by atoms with Gasteiger partial charge in [0, 0.05) is 13.0 Å². The molecule has 6 heteroatoms. The number of aryl methyl sites for hydroxylation is 1. The molecule has 0 saturated carbocycles. The minimum Gasteiger partial charge on any atom is -0.306 e. The Morgan fingerprint density at radius 2 is 2.16 bits per heavy atom. The Balaban J connectivity index is 1.87. The number of fused-ring (bicyclic) bond motifs is 1. The van der Waals surface area contributed by atoms with Crippen molar-refractivity contribution in [3.8, 4) is 6.07 Å². The molecule has 0 N–H and O–H groups in total. The molecule has 2 aromatic rings. The van der Waals surface area contributed by atoms with Gasteiger partial charge in [-0.3, -0.25) is 0 Å². The molecule has 5 nitrogen and oxygen atoms in total. The lowest BCUT2D eigenvalue weighted by Gasteiger charge is -2.05. The molecule has 2 aromatic heterocycles. The molecular weight excluding hydrogens is 258 g/mol. The molecule has 0 bridgehead atoms. The molecule has 0 saturated heterocycles. The van der Waals surface area contributed by atoms with Gasteiger partial charge in [0.1, 0.15) is 22.6 Å². The van der Waals surface area contributed by atoms with Gasteiger partial charge in [-0.2, -0.15) is 5.26 Å². The SMILES string of the molecule is N#Cc1cccc(Sc2nnc3n2CCCCC3)n1. The topological polar surface area (TPSA) is 67.4 Å². The third-order valence-corrected chi connectivity index (χ3v) is 4.03. The van der Waals surface area contributed by atoms with Gasteiger partial charge in [-0.15, -0.1) is 10.2 Å². The molecule has 19 heavy (non-hydrogen) atoms. The Hall–Kier alpha value is -1.87. The standard InChI is InChI=1S/C13H13N5S/c14-9-10-5-4-7-12(15-10)19-13-17-16-11-6-2-1-3-8-18(11)13/h4-5,7H,1-3,6,8H2. The van der Waals surface area contributed by atoms with E-state index in [1.54, 1.807) is 6.07 Å². The zero-order chi connectivity index (χ0) is 13.1. The highest BCUT2D eigenvalue weighted by Crippen LogP contribution is 2.27. The van der Waals surface area contributed by atoms with E-state index in [4.69, 9.17) is 5.26 Å². The van der Waals surface area contributed by atoms with Gasteiger partial charge >= 0.3 is 0 Å². The van der Waals surface area contributed by atoms with Gasteiger partial charge in [0.15, 0.2) is 5.16 Å². The summed E-state index contributed by atoms with van der Waals surface area (Å²) in [6.07, 6.45) is 4.60. The first-order valence-electron chi connectivity index (χ1n) is 6.34. The van der Waals surface area contributed by atoms with Gasteiger partial charge in [-0.25, -0.2) is 4.98 Å². The number of nitrogens with zero attached hydrogens (tertiary/aromatic N) is 5. The van der Waals surface area contributed by atoms with Gasteiger partial charge < -0.3 is 4.57 Å². The average molecular weight is 271 g/mol. The van der Waals surface area contributed by atoms with E-state index >= 15 is 0 Å². The third-order valence-electron chi connectivity index (χ3n) is 3.11. The lowest BCUT2D eigenvalue weighted by atomic mass is 10.2. The first-order chi connectivity index (χ1) is 9.36. The second kappa shape index (κ2) is 5.41. The lowest BCUT2D eigenvalue weighted by Crippen LogP contribution is -2.02. The predicted molar refractivity (Wildman–Crippen MR) is 70.7 cm³/mol. The summed E-state index contributed by atoms with van der Waals surface area (Å²) in [5.41, 5.74) is 0.431. The van der Waals surface area contributed by atoms with Crippen LogP contribution in [0.15, 0.2) is 28.4 Å². The van der Waals surface area contributed by atoms with Gasteiger partial charge in [0.25, 0.3) is 0 Å². The summed E-state index contributed by atoms with van der Waals surface area (Å²) in [6.45, 7) is 0.975. The molecule has 0 spiro atoms. The van der Waals surface area contributed by atoms with E-state index < -0.39 is 0 Å². The molecule has 96 valence electrons. The summed E-state index contributed by atoms with van der Waals surface area (Å²) >= 11 is 1.47. The summed E-state index contributed by atoms with van der Waals surface area (Å²) in [4.78, 5) is 4.26. The van der Waals surface area contributed by atoms with Crippen molar-refractivity contribution in [2.24, 2.45) is 0 Å². The number of hydrogen-bond donors (Lipinski definition) is 0. The summed E-state index contributed by atoms with van der Waals surface area (Å²) in [7, 11) is 0. The number of nitriles is 1. The van der Waals surface area contributed by atoms with Gasteiger partial charge in [0.2, 0.25) is 0 Å². The molecule has 0 unspecified atom stereocenters. The highest BCUT2D eigenvalue weighted by molar-refractivity contribution is 7.99. The van der Waals surface area contributed by atoms with E-state index in [9.17, 15) is 0 Å².